The Hall–Kier alpha value is 0.950. The van der Waals surface area contributed by atoms with Gasteiger partial charge in [-0.1, -0.05) is 46.4 Å². The summed E-state index contributed by atoms with van der Waals surface area (Å²) in [4.78, 5) is 8.91. The topological polar surface area (TPSA) is 26.3 Å². The number of carbonyl (C=O) groups excluding carboxylic acids is 1. The van der Waals surface area contributed by atoms with Crippen molar-refractivity contribution in [2.75, 3.05) is 0 Å². The largest absolute Gasteiger partial charge is 0.462 e. The average Bonchev–Trinajstić information content (AvgIpc) is 3.04. The molecule has 4 bridgehead atoms. The van der Waals surface area contributed by atoms with E-state index in [0.717, 1.165) is 12.8 Å². The summed E-state index contributed by atoms with van der Waals surface area (Å²) in [6.45, 7) is 1.40. The van der Waals surface area contributed by atoms with Gasteiger partial charge in [-0.25, -0.2) is 0 Å². The SMILES string of the molecule is CC(=O)O[C@@H]1C[C@H]2C[C@@H]1[C@@H]1[C@@H]2[C@]2(Cl)C(Cl)=C(Cl)[C@]1(Cl)C2(Cl)Cl. The first-order valence-corrected chi connectivity index (χ1v) is 9.34. The van der Waals surface area contributed by atoms with Crippen molar-refractivity contribution in [1.29, 1.82) is 0 Å². The highest BCUT2D eigenvalue weighted by atomic mass is 35.5. The maximum atomic E-state index is 11.3. The molecule has 0 spiro atoms. The van der Waals surface area contributed by atoms with E-state index in [2.05, 4.69) is 0 Å². The van der Waals surface area contributed by atoms with Gasteiger partial charge in [-0.15, -0.1) is 23.2 Å². The lowest BCUT2D eigenvalue weighted by molar-refractivity contribution is -0.150. The van der Waals surface area contributed by atoms with E-state index in [-0.39, 0.29) is 45.8 Å². The lowest BCUT2D eigenvalue weighted by atomic mass is 9.71. The molecule has 0 unspecified atom stereocenters. The molecule has 0 amide bonds. The van der Waals surface area contributed by atoms with Crippen molar-refractivity contribution in [3.63, 3.8) is 0 Å². The van der Waals surface area contributed by atoms with Gasteiger partial charge in [-0.3, -0.25) is 4.79 Å². The summed E-state index contributed by atoms with van der Waals surface area (Å²) in [6.07, 6.45) is 1.42. The van der Waals surface area contributed by atoms with Crippen molar-refractivity contribution in [3.05, 3.63) is 10.1 Å². The Morgan fingerprint density at radius 1 is 1.05 bits per heavy atom. The molecule has 0 radical (unpaired) electrons. The third-order valence-electron chi connectivity index (χ3n) is 5.92. The Kier molecular flexibility index (Phi) is 3.41. The van der Waals surface area contributed by atoms with Crippen LogP contribution in [0.2, 0.25) is 0 Å². The van der Waals surface area contributed by atoms with Crippen molar-refractivity contribution in [2.24, 2.45) is 23.7 Å². The number of hydrogen-bond acceptors (Lipinski definition) is 2. The molecule has 0 aliphatic heterocycles. The highest BCUT2D eigenvalue weighted by Crippen LogP contribution is 2.82. The average molecular weight is 425 g/mol. The van der Waals surface area contributed by atoms with Crippen molar-refractivity contribution in [3.8, 4) is 0 Å². The number of esters is 1. The molecule has 0 aromatic heterocycles. The second-order valence-corrected chi connectivity index (χ2v) is 10.00. The summed E-state index contributed by atoms with van der Waals surface area (Å²) in [7, 11) is 0. The molecule has 2 nitrogen and oxygen atoms in total. The maximum absolute atomic E-state index is 11.3. The van der Waals surface area contributed by atoms with Crippen molar-refractivity contribution in [2.45, 2.75) is 40.0 Å². The molecule has 0 heterocycles. The van der Waals surface area contributed by atoms with E-state index in [1.54, 1.807) is 0 Å². The van der Waals surface area contributed by atoms with Gasteiger partial charge < -0.3 is 4.74 Å². The van der Waals surface area contributed by atoms with Gasteiger partial charge in [0.05, 0.1) is 10.1 Å². The molecule has 0 N–H and O–H groups in total. The van der Waals surface area contributed by atoms with Gasteiger partial charge in [-0.05, 0) is 30.6 Å². The molecule has 4 rings (SSSR count). The van der Waals surface area contributed by atoms with E-state index in [1.807, 2.05) is 0 Å². The standard InChI is InChI=1S/C14H12Cl6O2/c1-4(21)22-7-3-5-2-6(7)9-8(5)12(17)10(15)11(16)13(9,18)14(12,19)20/h5-9H,2-3H2,1H3/t5-,6+,7-,8-,9-,12+,13+/m1/s1. The van der Waals surface area contributed by atoms with E-state index in [1.165, 1.54) is 6.92 Å². The van der Waals surface area contributed by atoms with Gasteiger partial charge in [0, 0.05) is 12.8 Å². The van der Waals surface area contributed by atoms with Crippen LogP contribution in [0.1, 0.15) is 19.8 Å². The number of carbonyl (C=O) groups is 1. The Bertz CT molecular complexity index is 618. The molecule has 3 saturated carbocycles. The van der Waals surface area contributed by atoms with Crippen LogP contribution in [0.5, 0.6) is 0 Å². The number of hydrogen-bond donors (Lipinski definition) is 0. The number of halogens is 6. The second-order valence-electron chi connectivity index (χ2n) is 6.72. The fraction of sp³-hybridized carbons (Fsp3) is 0.786. The summed E-state index contributed by atoms with van der Waals surface area (Å²) in [5, 5.41) is 0.486. The number of ether oxygens (including phenoxy) is 1. The highest BCUT2D eigenvalue weighted by molar-refractivity contribution is 6.65. The van der Waals surface area contributed by atoms with Gasteiger partial charge >= 0.3 is 5.97 Å². The molecule has 8 heteroatoms. The third kappa shape index (κ3) is 1.48. The van der Waals surface area contributed by atoms with Crippen molar-refractivity contribution >= 4 is 75.6 Å². The molecule has 7 atom stereocenters. The molecule has 0 aromatic rings. The molecular weight excluding hydrogens is 413 g/mol. The Labute approximate surface area is 158 Å². The van der Waals surface area contributed by atoms with Crippen LogP contribution in [0.15, 0.2) is 10.1 Å². The Morgan fingerprint density at radius 3 is 2.14 bits per heavy atom. The van der Waals surface area contributed by atoms with E-state index in [9.17, 15) is 4.79 Å². The Balaban J connectivity index is 1.83. The lowest BCUT2D eigenvalue weighted by Gasteiger charge is -2.41. The van der Waals surface area contributed by atoms with Crippen LogP contribution < -0.4 is 0 Å². The fourth-order valence-electron chi connectivity index (χ4n) is 5.34. The minimum atomic E-state index is -1.49. The van der Waals surface area contributed by atoms with Gasteiger partial charge in [0.2, 0.25) is 0 Å². The summed E-state index contributed by atoms with van der Waals surface area (Å²) in [5.41, 5.74) is 0. The molecule has 122 valence electrons. The second kappa shape index (κ2) is 4.56. The van der Waals surface area contributed by atoms with Crippen LogP contribution in [0.4, 0.5) is 0 Å². The molecule has 4 aliphatic rings. The highest BCUT2D eigenvalue weighted by Gasteiger charge is 2.86. The van der Waals surface area contributed by atoms with E-state index < -0.39 is 14.1 Å². The van der Waals surface area contributed by atoms with Crippen LogP contribution in [-0.4, -0.2) is 26.2 Å². The van der Waals surface area contributed by atoms with Crippen molar-refractivity contribution < 1.29 is 9.53 Å². The number of fused-ring (bicyclic) bond motifs is 9. The van der Waals surface area contributed by atoms with Crippen LogP contribution in [-0.2, 0) is 9.53 Å². The van der Waals surface area contributed by atoms with E-state index >= 15 is 0 Å². The monoisotopic (exact) mass is 422 g/mol. The molecule has 0 saturated heterocycles. The maximum Gasteiger partial charge on any atom is 0.302 e. The van der Waals surface area contributed by atoms with Gasteiger partial charge in [0.1, 0.15) is 15.9 Å². The zero-order chi connectivity index (χ0) is 16.2. The zero-order valence-corrected chi connectivity index (χ0v) is 15.9. The first-order valence-electron chi connectivity index (χ1n) is 7.07. The van der Waals surface area contributed by atoms with Crippen LogP contribution in [0.25, 0.3) is 0 Å². The van der Waals surface area contributed by atoms with Gasteiger partial charge in [0.15, 0.2) is 4.33 Å². The first kappa shape index (κ1) is 16.4. The molecular formula is C14H12Cl6O2. The Morgan fingerprint density at radius 2 is 1.59 bits per heavy atom. The molecule has 22 heavy (non-hydrogen) atoms. The molecule has 0 aromatic carbocycles. The number of rotatable bonds is 1. The molecule has 3 fully saturated rings. The predicted octanol–water partition coefficient (Wildman–Crippen LogP) is 5.04. The van der Waals surface area contributed by atoms with Crippen LogP contribution >= 0.6 is 69.6 Å². The van der Waals surface area contributed by atoms with Gasteiger partial charge in [0.25, 0.3) is 0 Å². The number of allylic oxidation sites excluding steroid dienone is 2. The van der Waals surface area contributed by atoms with E-state index in [4.69, 9.17) is 74.3 Å². The van der Waals surface area contributed by atoms with Crippen LogP contribution in [0.3, 0.4) is 0 Å². The minimum Gasteiger partial charge on any atom is -0.462 e. The summed E-state index contributed by atoms with van der Waals surface area (Å²) >= 11 is 39.7. The quantitative estimate of drug-likeness (QED) is 0.335. The predicted molar refractivity (Wildman–Crippen MR) is 89.1 cm³/mol. The third-order valence-corrected chi connectivity index (χ3v) is 10.2. The normalized spacial score (nSPS) is 54.0. The summed E-state index contributed by atoms with van der Waals surface area (Å²) in [6, 6.07) is 0. The zero-order valence-electron chi connectivity index (χ0n) is 11.4. The summed E-state index contributed by atoms with van der Waals surface area (Å²) < 4.78 is 3.96. The molecule has 4 aliphatic carbocycles. The smallest absolute Gasteiger partial charge is 0.302 e. The van der Waals surface area contributed by atoms with Crippen LogP contribution in [0, 0.1) is 23.7 Å². The van der Waals surface area contributed by atoms with E-state index in [0.29, 0.717) is 0 Å². The lowest BCUT2D eigenvalue weighted by Crippen LogP contribution is -2.46. The van der Waals surface area contributed by atoms with Gasteiger partial charge in [-0.2, -0.15) is 0 Å². The number of alkyl halides is 4. The minimum absolute atomic E-state index is 0.0485. The fourth-order valence-corrected chi connectivity index (χ4v) is 8.49. The first-order chi connectivity index (χ1) is 10.1. The van der Waals surface area contributed by atoms with Crippen molar-refractivity contribution in [1.82, 2.24) is 0 Å². The summed E-state index contributed by atoms with van der Waals surface area (Å²) in [5.74, 6) is -0.252.